The van der Waals surface area contributed by atoms with Gasteiger partial charge in [-0.3, -0.25) is 14.8 Å². The lowest BCUT2D eigenvalue weighted by atomic mass is 9.93. The first kappa shape index (κ1) is 16.2. The van der Waals surface area contributed by atoms with E-state index in [1.54, 1.807) is 23.7 Å². The Morgan fingerprint density at radius 3 is 2.30 bits per heavy atom. The van der Waals surface area contributed by atoms with Gasteiger partial charge in [0.15, 0.2) is 0 Å². The molecule has 2 amide bonds. The standard InChI is InChI=1S/C15H22N2O3/c1-9-8-11(13(18)17-20)6-7-12(9)10(2)16-14(19)15(3,4)5/h6-8,10,20H,1-5H3,(H,16,19)(H,17,18). The van der Waals surface area contributed by atoms with Crippen molar-refractivity contribution in [2.24, 2.45) is 5.41 Å². The van der Waals surface area contributed by atoms with Crippen molar-refractivity contribution >= 4 is 11.8 Å². The molecule has 0 saturated heterocycles. The fraction of sp³-hybridized carbons (Fsp3) is 0.467. The summed E-state index contributed by atoms with van der Waals surface area (Å²) in [6, 6.07) is 4.94. The second-order valence-corrected chi connectivity index (χ2v) is 5.96. The maximum atomic E-state index is 12.0. The predicted octanol–water partition coefficient (Wildman–Crippen LogP) is 2.34. The van der Waals surface area contributed by atoms with E-state index in [0.29, 0.717) is 5.56 Å². The van der Waals surface area contributed by atoms with Crippen LogP contribution in [0, 0.1) is 12.3 Å². The normalized spacial score (nSPS) is 12.7. The van der Waals surface area contributed by atoms with Crippen LogP contribution in [-0.2, 0) is 4.79 Å². The number of hydrogen-bond donors (Lipinski definition) is 3. The fourth-order valence-electron chi connectivity index (χ4n) is 1.86. The van der Waals surface area contributed by atoms with Crippen molar-refractivity contribution in [1.82, 2.24) is 10.8 Å². The molecule has 0 heterocycles. The van der Waals surface area contributed by atoms with Crippen LogP contribution in [0.5, 0.6) is 0 Å². The molecular formula is C15H22N2O3. The van der Waals surface area contributed by atoms with E-state index in [-0.39, 0.29) is 11.9 Å². The highest BCUT2D eigenvalue weighted by Gasteiger charge is 2.23. The van der Waals surface area contributed by atoms with Crippen LogP contribution in [0.3, 0.4) is 0 Å². The molecule has 1 atom stereocenters. The number of nitrogens with one attached hydrogen (secondary N) is 2. The van der Waals surface area contributed by atoms with Crippen LogP contribution >= 0.6 is 0 Å². The minimum atomic E-state index is -0.550. The van der Waals surface area contributed by atoms with Gasteiger partial charge in [0.05, 0.1) is 6.04 Å². The van der Waals surface area contributed by atoms with Crippen molar-refractivity contribution in [3.63, 3.8) is 0 Å². The minimum Gasteiger partial charge on any atom is -0.349 e. The zero-order valence-corrected chi connectivity index (χ0v) is 12.6. The Kier molecular flexibility index (Phi) is 4.89. The SMILES string of the molecule is Cc1cc(C(=O)NO)ccc1C(C)NC(=O)C(C)(C)C. The third-order valence-corrected chi connectivity index (χ3v) is 3.13. The van der Waals surface area contributed by atoms with E-state index in [1.807, 2.05) is 34.6 Å². The number of rotatable bonds is 3. The third-order valence-electron chi connectivity index (χ3n) is 3.13. The van der Waals surface area contributed by atoms with Crippen molar-refractivity contribution in [3.05, 3.63) is 34.9 Å². The number of hydroxylamine groups is 1. The molecule has 5 nitrogen and oxygen atoms in total. The number of hydrogen-bond acceptors (Lipinski definition) is 3. The summed E-state index contributed by atoms with van der Waals surface area (Å²) in [4.78, 5) is 23.3. The summed E-state index contributed by atoms with van der Waals surface area (Å²) >= 11 is 0. The van der Waals surface area contributed by atoms with E-state index < -0.39 is 11.3 Å². The van der Waals surface area contributed by atoms with Gasteiger partial charge in [0.25, 0.3) is 5.91 Å². The third kappa shape index (κ3) is 3.81. The van der Waals surface area contributed by atoms with Crippen molar-refractivity contribution in [3.8, 4) is 0 Å². The smallest absolute Gasteiger partial charge is 0.274 e. The average molecular weight is 278 g/mol. The van der Waals surface area contributed by atoms with Gasteiger partial charge in [-0.05, 0) is 37.1 Å². The lowest BCUT2D eigenvalue weighted by Gasteiger charge is -2.23. The molecule has 0 aliphatic carbocycles. The summed E-state index contributed by atoms with van der Waals surface area (Å²) in [6.07, 6.45) is 0. The molecule has 110 valence electrons. The van der Waals surface area contributed by atoms with Crippen molar-refractivity contribution < 1.29 is 14.8 Å². The Morgan fingerprint density at radius 2 is 1.85 bits per heavy atom. The second kappa shape index (κ2) is 6.05. The average Bonchev–Trinajstić information content (AvgIpc) is 2.36. The summed E-state index contributed by atoms with van der Waals surface area (Å²) in [5, 5.41) is 11.6. The van der Waals surface area contributed by atoms with Gasteiger partial charge in [0, 0.05) is 11.0 Å². The minimum absolute atomic E-state index is 0.0263. The quantitative estimate of drug-likeness (QED) is 0.586. The summed E-state index contributed by atoms with van der Waals surface area (Å²) in [5.41, 5.74) is 3.36. The van der Waals surface area contributed by atoms with Gasteiger partial charge < -0.3 is 5.32 Å². The highest BCUT2D eigenvalue weighted by molar-refractivity contribution is 5.93. The molecule has 0 radical (unpaired) electrons. The molecule has 3 N–H and O–H groups in total. The van der Waals surface area contributed by atoms with Crippen LogP contribution in [0.15, 0.2) is 18.2 Å². The van der Waals surface area contributed by atoms with E-state index >= 15 is 0 Å². The Morgan fingerprint density at radius 1 is 1.25 bits per heavy atom. The lowest BCUT2D eigenvalue weighted by molar-refractivity contribution is -0.129. The maximum absolute atomic E-state index is 12.0. The van der Waals surface area contributed by atoms with Crippen LogP contribution < -0.4 is 10.8 Å². The number of aryl methyl sites for hydroxylation is 1. The van der Waals surface area contributed by atoms with E-state index in [1.165, 1.54) is 0 Å². The van der Waals surface area contributed by atoms with Crippen LogP contribution in [0.25, 0.3) is 0 Å². The Balaban J connectivity index is 2.92. The molecule has 5 heteroatoms. The molecule has 0 bridgehead atoms. The second-order valence-electron chi connectivity index (χ2n) is 5.96. The highest BCUT2D eigenvalue weighted by Crippen LogP contribution is 2.21. The maximum Gasteiger partial charge on any atom is 0.274 e. The zero-order chi connectivity index (χ0) is 15.5. The van der Waals surface area contributed by atoms with Gasteiger partial charge in [0.2, 0.25) is 5.91 Å². The highest BCUT2D eigenvalue weighted by atomic mass is 16.5. The lowest BCUT2D eigenvalue weighted by Crippen LogP contribution is -2.36. The van der Waals surface area contributed by atoms with Crippen molar-refractivity contribution in [2.75, 3.05) is 0 Å². The molecule has 0 aliphatic heterocycles. The number of benzene rings is 1. The van der Waals surface area contributed by atoms with E-state index in [0.717, 1.165) is 11.1 Å². The molecule has 0 saturated carbocycles. The van der Waals surface area contributed by atoms with Crippen LogP contribution in [-0.4, -0.2) is 17.0 Å². The number of amides is 2. The van der Waals surface area contributed by atoms with Crippen LogP contribution in [0.2, 0.25) is 0 Å². The molecule has 0 spiro atoms. The first-order valence-corrected chi connectivity index (χ1v) is 6.52. The van der Waals surface area contributed by atoms with Gasteiger partial charge in [-0.15, -0.1) is 0 Å². The topological polar surface area (TPSA) is 78.4 Å². The monoisotopic (exact) mass is 278 g/mol. The fourth-order valence-corrected chi connectivity index (χ4v) is 1.86. The Bertz CT molecular complexity index is 518. The molecule has 20 heavy (non-hydrogen) atoms. The molecule has 1 aromatic carbocycles. The number of carbonyl (C=O) groups excluding carboxylic acids is 2. The zero-order valence-electron chi connectivity index (χ0n) is 12.6. The van der Waals surface area contributed by atoms with E-state index in [2.05, 4.69) is 5.32 Å². The van der Waals surface area contributed by atoms with Gasteiger partial charge in [-0.1, -0.05) is 26.8 Å². The molecular weight excluding hydrogens is 256 g/mol. The number of carbonyl (C=O) groups is 2. The molecule has 1 rings (SSSR count). The molecule has 1 unspecified atom stereocenters. The van der Waals surface area contributed by atoms with Gasteiger partial charge in [-0.2, -0.15) is 0 Å². The van der Waals surface area contributed by atoms with E-state index in [9.17, 15) is 9.59 Å². The predicted molar refractivity (Wildman–Crippen MR) is 76.4 cm³/mol. The van der Waals surface area contributed by atoms with Crippen molar-refractivity contribution in [2.45, 2.75) is 40.7 Å². The Hall–Kier alpha value is -1.88. The largest absolute Gasteiger partial charge is 0.349 e. The Labute approximate surface area is 119 Å². The first-order chi connectivity index (χ1) is 9.16. The van der Waals surface area contributed by atoms with Crippen LogP contribution in [0.1, 0.15) is 55.2 Å². The summed E-state index contributed by atoms with van der Waals surface area (Å²) in [5.74, 6) is -0.576. The molecule has 1 aromatic rings. The summed E-state index contributed by atoms with van der Waals surface area (Å²) < 4.78 is 0. The summed E-state index contributed by atoms with van der Waals surface area (Å²) in [7, 11) is 0. The molecule has 0 aliphatic rings. The van der Waals surface area contributed by atoms with Crippen LogP contribution in [0.4, 0.5) is 0 Å². The van der Waals surface area contributed by atoms with Crippen molar-refractivity contribution in [1.29, 1.82) is 0 Å². The van der Waals surface area contributed by atoms with Gasteiger partial charge >= 0.3 is 0 Å². The van der Waals surface area contributed by atoms with Gasteiger partial charge in [-0.25, -0.2) is 5.48 Å². The molecule has 0 aromatic heterocycles. The molecule has 0 fully saturated rings. The first-order valence-electron chi connectivity index (χ1n) is 6.52. The van der Waals surface area contributed by atoms with E-state index in [4.69, 9.17) is 5.21 Å². The summed E-state index contributed by atoms with van der Waals surface area (Å²) in [6.45, 7) is 9.34. The van der Waals surface area contributed by atoms with Gasteiger partial charge in [0.1, 0.15) is 0 Å².